The second kappa shape index (κ2) is 40.1. The van der Waals surface area contributed by atoms with Gasteiger partial charge in [-0.2, -0.15) is 0 Å². The van der Waals surface area contributed by atoms with Crippen LogP contribution in [0, 0.1) is 0 Å². The first kappa shape index (κ1) is 46.7. The van der Waals surface area contributed by atoms with Crippen molar-refractivity contribution in [1.29, 1.82) is 0 Å². The summed E-state index contributed by atoms with van der Waals surface area (Å²) in [7, 11) is 0. The van der Waals surface area contributed by atoms with Crippen LogP contribution in [0.3, 0.4) is 0 Å². The Kier molecular flexibility index (Phi) is 39.0. The molecule has 0 saturated carbocycles. The second-order valence-corrected chi connectivity index (χ2v) is 14.9. The van der Waals surface area contributed by atoms with Crippen LogP contribution in [0.4, 0.5) is 0 Å². The minimum absolute atomic E-state index is 0.00526. The highest BCUT2D eigenvalue weighted by atomic mass is 16.5. The van der Waals surface area contributed by atoms with E-state index in [1.807, 2.05) is 0 Å². The number of aliphatic carboxylic acids is 1. The molecule has 4 nitrogen and oxygen atoms in total. The Morgan fingerprint density at radius 1 is 0.438 bits per heavy atom. The van der Waals surface area contributed by atoms with Gasteiger partial charge < -0.3 is 9.84 Å². The average Bonchev–Trinajstić information content (AvgIpc) is 3.07. The van der Waals surface area contributed by atoms with Gasteiger partial charge in [-0.05, 0) is 64.2 Å². The van der Waals surface area contributed by atoms with Gasteiger partial charge in [0, 0.05) is 12.8 Å². The summed E-state index contributed by atoms with van der Waals surface area (Å²) in [5.74, 6) is -0.692. The van der Waals surface area contributed by atoms with Crippen LogP contribution in [0.2, 0.25) is 0 Å². The first-order valence-corrected chi connectivity index (χ1v) is 21.7. The Morgan fingerprint density at radius 3 is 1.12 bits per heavy atom. The predicted octanol–water partition coefficient (Wildman–Crippen LogP) is 15.0. The summed E-state index contributed by atoms with van der Waals surface area (Å²) in [6.45, 7) is 4.55. The molecule has 0 aliphatic carbocycles. The van der Waals surface area contributed by atoms with Crippen LogP contribution in [0.1, 0.15) is 251 Å². The fourth-order valence-corrected chi connectivity index (χ4v) is 6.77. The zero-order chi connectivity index (χ0) is 35.0. The molecule has 1 atom stereocenters. The first-order chi connectivity index (χ1) is 23.6. The van der Waals surface area contributed by atoms with E-state index in [1.54, 1.807) is 0 Å². The summed E-state index contributed by atoms with van der Waals surface area (Å²) < 4.78 is 6.01. The minimum Gasteiger partial charge on any atom is -0.481 e. The van der Waals surface area contributed by atoms with Crippen molar-refractivity contribution in [3.63, 3.8) is 0 Å². The number of carboxylic acid groups (broad SMARTS) is 1. The Hall–Kier alpha value is -1.32. The van der Waals surface area contributed by atoms with E-state index in [4.69, 9.17) is 9.84 Å². The molecule has 0 amide bonds. The number of ether oxygens (including phenoxy) is 1. The average molecular weight is 677 g/mol. The molecule has 0 aliphatic heterocycles. The van der Waals surface area contributed by atoms with E-state index in [0.29, 0.717) is 6.42 Å². The molecule has 0 aromatic rings. The summed E-state index contributed by atoms with van der Waals surface area (Å²) in [5.41, 5.74) is 0. The molecule has 0 saturated heterocycles. The highest BCUT2D eigenvalue weighted by Gasteiger charge is 2.14. The van der Waals surface area contributed by atoms with Crippen molar-refractivity contribution < 1.29 is 19.4 Å². The van der Waals surface area contributed by atoms with E-state index in [2.05, 4.69) is 26.0 Å². The van der Waals surface area contributed by atoms with Gasteiger partial charge in [0.1, 0.15) is 6.10 Å². The molecule has 1 N–H and O–H groups in total. The van der Waals surface area contributed by atoms with E-state index >= 15 is 0 Å². The number of esters is 1. The number of carbonyl (C=O) groups excluding carboxylic acids is 1. The molecule has 0 heterocycles. The number of allylic oxidation sites excluding steroid dienone is 2. The minimum atomic E-state index is -0.698. The summed E-state index contributed by atoms with van der Waals surface area (Å²) in [6.07, 6.45) is 49.6. The van der Waals surface area contributed by atoms with Crippen LogP contribution in [0.5, 0.6) is 0 Å². The number of carboxylic acids is 1. The van der Waals surface area contributed by atoms with Crippen molar-refractivity contribution in [2.75, 3.05) is 0 Å². The van der Waals surface area contributed by atoms with E-state index < -0.39 is 5.97 Å². The SMILES string of the molecule is CCCCCCCC/C=C\CCCCCCCCCCCCCC(=O)OC(CCCCCCCCCCC)CCCCCCCC(=O)O. The maximum atomic E-state index is 12.7. The van der Waals surface area contributed by atoms with Gasteiger partial charge in [-0.15, -0.1) is 0 Å². The van der Waals surface area contributed by atoms with Gasteiger partial charge >= 0.3 is 11.9 Å². The van der Waals surface area contributed by atoms with Crippen LogP contribution in [0.25, 0.3) is 0 Å². The van der Waals surface area contributed by atoms with E-state index in [0.717, 1.165) is 64.2 Å². The molecule has 0 aliphatic rings. The van der Waals surface area contributed by atoms with Crippen LogP contribution in [0.15, 0.2) is 12.2 Å². The van der Waals surface area contributed by atoms with Crippen LogP contribution in [-0.4, -0.2) is 23.1 Å². The lowest BCUT2D eigenvalue weighted by atomic mass is 10.0. The van der Waals surface area contributed by atoms with Crippen molar-refractivity contribution in [3.05, 3.63) is 12.2 Å². The number of carbonyl (C=O) groups is 2. The first-order valence-electron chi connectivity index (χ1n) is 21.7. The van der Waals surface area contributed by atoms with Crippen molar-refractivity contribution >= 4 is 11.9 Å². The molecule has 48 heavy (non-hydrogen) atoms. The van der Waals surface area contributed by atoms with Gasteiger partial charge in [-0.1, -0.05) is 187 Å². The lowest BCUT2D eigenvalue weighted by molar-refractivity contribution is -0.150. The lowest BCUT2D eigenvalue weighted by Crippen LogP contribution is -2.18. The van der Waals surface area contributed by atoms with Crippen molar-refractivity contribution in [3.8, 4) is 0 Å². The maximum absolute atomic E-state index is 12.7. The third kappa shape index (κ3) is 39.1. The van der Waals surface area contributed by atoms with Crippen molar-refractivity contribution in [2.45, 2.75) is 258 Å². The molecule has 0 aromatic heterocycles. The fourth-order valence-electron chi connectivity index (χ4n) is 6.77. The predicted molar refractivity (Wildman–Crippen MR) is 209 cm³/mol. The quantitative estimate of drug-likeness (QED) is 0.0398. The molecular weight excluding hydrogens is 592 g/mol. The van der Waals surface area contributed by atoms with Crippen molar-refractivity contribution in [1.82, 2.24) is 0 Å². The molecule has 284 valence electrons. The molecule has 0 aromatic carbocycles. The van der Waals surface area contributed by atoms with Gasteiger partial charge in [-0.3, -0.25) is 9.59 Å². The molecule has 0 bridgehead atoms. The number of rotatable bonds is 40. The number of unbranched alkanes of at least 4 members (excludes halogenated alkanes) is 29. The summed E-state index contributed by atoms with van der Waals surface area (Å²) in [6, 6.07) is 0. The lowest BCUT2D eigenvalue weighted by Gasteiger charge is -2.18. The van der Waals surface area contributed by atoms with Gasteiger partial charge in [0.2, 0.25) is 0 Å². The number of hydrogen-bond donors (Lipinski definition) is 1. The molecule has 0 fully saturated rings. The van der Waals surface area contributed by atoms with Gasteiger partial charge in [0.15, 0.2) is 0 Å². The molecule has 0 radical (unpaired) electrons. The Bertz CT molecular complexity index is 687. The van der Waals surface area contributed by atoms with E-state index in [1.165, 1.54) is 161 Å². The van der Waals surface area contributed by atoms with Crippen LogP contribution in [-0.2, 0) is 14.3 Å². The normalized spacial score (nSPS) is 12.2. The standard InChI is InChI=1S/C44H84O4/c1-3-5-7-9-11-13-14-15-16-17-18-19-20-21-22-23-24-26-28-33-37-41-44(47)48-42(39-35-31-29-32-36-40-43(45)46)38-34-30-27-25-12-10-8-6-4-2/h15-16,42H,3-14,17-41H2,1-2H3,(H,45,46)/b16-15-. The third-order valence-corrected chi connectivity index (χ3v) is 9.99. The van der Waals surface area contributed by atoms with Gasteiger partial charge in [0.25, 0.3) is 0 Å². The summed E-state index contributed by atoms with van der Waals surface area (Å²) in [5, 5.41) is 8.82. The maximum Gasteiger partial charge on any atom is 0.306 e. The van der Waals surface area contributed by atoms with Gasteiger partial charge in [-0.25, -0.2) is 0 Å². The van der Waals surface area contributed by atoms with Crippen LogP contribution < -0.4 is 0 Å². The molecule has 0 rings (SSSR count). The monoisotopic (exact) mass is 677 g/mol. The van der Waals surface area contributed by atoms with Gasteiger partial charge in [0.05, 0.1) is 0 Å². The highest BCUT2D eigenvalue weighted by molar-refractivity contribution is 5.69. The molecule has 1 unspecified atom stereocenters. The third-order valence-electron chi connectivity index (χ3n) is 9.99. The fraction of sp³-hybridized carbons (Fsp3) is 0.909. The van der Waals surface area contributed by atoms with E-state index in [-0.39, 0.29) is 18.5 Å². The second-order valence-electron chi connectivity index (χ2n) is 14.9. The molecular formula is C44H84O4. The zero-order valence-electron chi connectivity index (χ0n) is 32.6. The smallest absolute Gasteiger partial charge is 0.306 e. The van der Waals surface area contributed by atoms with E-state index in [9.17, 15) is 9.59 Å². The number of hydrogen-bond acceptors (Lipinski definition) is 3. The highest BCUT2D eigenvalue weighted by Crippen LogP contribution is 2.19. The topological polar surface area (TPSA) is 63.6 Å². The Morgan fingerprint density at radius 2 is 0.750 bits per heavy atom. The van der Waals surface area contributed by atoms with Crippen LogP contribution >= 0.6 is 0 Å². The largest absolute Gasteiger partial charge is 0.481 e. The van der Waals surface area contributed by atoms with Crippen molar-refractivity contribution in [2.24, 2.45) is 0 Å². The molecule has 4 heteroatoms. The zero-order valence-corrected chi connectivity index (χ0v) is 32.6. The Balaban J connectivity index is 3.83. The summed E-state index contributed by atoms with van der Waals surface area (Å²) >= 11 is 0. The molecule has 0 spiro atoms. The summed E-state index contributed by atoms with van der Waals surface area (Å²) in [4.78, 5) is 23.4. The Labute approximate surface area is 300 Å².